The van der Waals surface area contributed by atoms with Crippen molar-refractivity contribution in [1.82, 2.24) is 4.98 Å². The van der Waals surface area contributed by atoms with Crippen LogP contribution in [0.4, 0.5) is 10.1 Å². The van der Waals surface area contributed by atoms with E-state index in [4.69, 9.17) is 15.2 Å². The molecule has 94 valence electrons. The molecule has 1 aromatic heterocycles. The van der Waals surface area contributed by atoms with E-state index in [0.717, 1.165) is 0 Å². The molecule has 2 rings (SSSR count). The van der Waals surface area contributed by atoms with Crippen LogP contribution >= 0.6 is 15.9 Å². The van der Waals surface area contributed by atoms with Crippen LogP contribution in [-0.4, -0.2) is 12.1 Å². The fraction of sp³-hybridized carbons (Fsp3) is 0.0833. The summed E-state index contributed by atoms with van der Waals surface area (Å²) in [7, 11) is 1.46. The smallest absolute Gasteiger partial charge is 0.240 e. The third-order valence-electron chi connectivity index (χ3n) is 2.17. The summed E-state index contributed by atoms with van der Waals surface area (Å²) >= 11 is 3.26. The maximum Gasteiger partial charge on any atom is 0.240 e. The monoisotopic (exact) mass is 312 g/mol. The molecule has 0 unspecified atom stereocenters. The van der Waals surface area contributed by atoms with Crippen molar-refractivity contribution in [2.24, 2.45) is 0 Å². The molecular formula is C12H10BrFN2O2. The molecule has 0 bridgehead atoms. The van der Waals surface area contributed by atoms with Crippen molar-refractivity contribution in [3.8, 4) is 17.5 Å². The number of hydrogen-bond donors (Lipinski definition) is 1. The molecule has 0 atom stereocenters. The van der Waals surface area contributed by atoms with Gasteiger partial charge in [-0.1, -0.05) is 0 Å². The highest BCUT2D eigenvalue weighted by Crippen LogP contribution is 2.31. The summed E-state index contributed by atoms with van der Waals surface area (Å²) in [5, 5.41) is 0. The first-order valence-corrected chi connectivity index (χ1v) is 5.83. The Hall–Kier alpha value is -1.82. The highest BCUT2D eigenvalue weighted by Gasteiger charge is 2.08. The number of anilines is 1. The van der Waals surface area contributed by atoms with Crippen LogP contribution in [0.3, 0.4) is 0 Å². The maximum atomic E-state index is 13.1. The van der Waals surface area contributed by atoms with Gasteiger partial charge < -0.3 is 15.2 Å². The molecule has 0 amide bonds. The van der Waals surface area contributed by atoms with E-state index in [1.165, 1.54) is 19.2 Å². The largest absolute Gasteiger partial charge is 0.479 e. The molecule has 0 aliphatic rings. The second-order valence-electron chi connectivity index (χ2n) is 3.42. The summed E-state index contributed by atoms with van der Waals surface area (Å²) in [5.74, 6) is 0.470. The van der Waals surface area contributed by atoms with E-state index in [0.29, 0.717) is 15.9 Å². The lowest BCUT2D eigenvalue weighted by Gasteiger charge is -2.09. The van der Waals surface area contributed by atoms with Gasteiger partial charge in [0.05, 0.1) is 17.3 Å². The molecule has 6 heteroatoms. The average Bonchev–Trinajstić information content (AvgIpc) is 2.36. The first-order chi connectivity index (χ1) is 8.60. The van der Waals surface area contributed by atoms with Gasteiger partial charge in [0.1, 0.15) is 11.6 Å². The summed E-state index contributed by atoms with van der Waals surface area (Å²) in [4.78, 5) is 4.04. The third kappa shape index (κ3) is 2.70. The molecule has 0 spiro atoms. The minimum Gasteiger partial charge on any atom is -0.479 e. The lowest BCUT2D eigenvalue weighted by atomic mass is 10.3. The fourth-order valence-corrected chi connectivity index (χ4v) is 1.65. The van der Waals surface area contributed by atoms with Crippen molar-refractivity contribution < 1.29 is 13.9 Å². The molecule has 0 aliphatic heterocycles. The van der Waals surface area contributed by atoms with E-state index in [-0.39, 0.29) is 11.8 Å². The highest BCUT2D eigenvalue weighted by molar-refractivity contribution is 9.10. The van der Waals surface area contributed by atoms with Crippen LogP contribution in [0, 0.1) is 5.82 Å². The first-order valence-electron chi connectivity index (χ1n) is 5.03. The molecule has 0 aliphatic carbocycles. The molecular weight excluding hydrogens is 303 g/mol. The second-order valence-corrected chi connectivity index (χ2v) is 4.28. The predicted molar refractivity (Wildman–Crippen MR) is 69.4 cm³/mol. The Morgan fingerprint density at radius 2 is 2.06 bits per heavy atom. The molecule has 1 heterocycles. The zero-order chi connectivity index (χ0) is 13.1. The number of nitrogens with zero attached hydrogens (tertiary/aromatic N) is 1. The van der Waals surface area contributed by atoms with E-state index in [2.05, 4.69) is 20.9 Å². The van der Waals surface area contributed by atoms with Gasteiger partial charge in [0.2, 0.25) is 11.8 Å². The standard InChI is InChI=1S/C12H10BrFN2O2/c1-17-12-9(15)4-5-11(16-12)18-10-6-7(14)2-3-8(10)13/h2-6H,15H2,1H3. The topological polar surface area (TPSA) is 57.4 Å². The van der Waals surface area contributed by atoms with Crippen LogP contribution in [0.15, 0.2) is 34.8 Å². The Morgan fingerprint density at radius 3 is 2.78 bits per heavy atom. The van der Waals surface area contributed by atoms with Crippen molar-refractivity contribution in [2.75, 3.05) is 12.8 Å². The molecule has 4 nitrogen and oxygen atoms in total. The van der Waals surface area contributed by atoms with E-state index >= 15 is 0 Å². The quantitative estimate of drug-likeness (QED) is 0.944. The number of halogens is 2. The summed E-state index contributed by atoms with van der Waals surface area (Å²) in [6, 6.07) is 7.32. The molecule has 2 aromatic rings. The highest BCUT2D eigenvalue weighted by atomic mass is 79.9. The van der Waals surface area contributed by atoms with Crippen LogP contribution < -0.4 is 15.2 Å². The summed E-state index contributed by atoms with van der Waals surface area (Å²) in [5.41, 5.74) is 6.04. The van der Waals surface area contributed by atoms with Crippen molar-refractivity contribution in [2.45, 2.75) is 0 Å². The van der Waals surface area contributed by atoms with E-state index < -0.39 is 5.82 Å². The van der Waals surface area contributed by atoms with Gasteiger partial charge in [-0.15, -0.1) is 0 Å². The van der Waals surface area contributed by atoms with Crippen molar-refractivity contribution in [3.05, 3.63) is 40.6 Å². The van der Waals surface area contributed by atoms with Gasteiger partial charge in [0.15, 0.2) is 0 Å². The Bertz CT molecular complexity index is 578. The van der Waals surface area contributed by atoms with Crippen LogP contribution in [0.1, 0.15) is 0 Å². The SMILES string of the molecule is COc1nc(Oc2cc(F)ccc2Br)ccc1N. The summed E-state index contributed by atoms with van der Waals surface area (Å²) in [6.07, 6.45) is 0. The van der Waals surface area contributed by atoms with Gasteiger partial charge >= 0.3 is 0 Å². The fourth-order valence-electron chi connectivity index (χ4n) is 1.32. The molecule has 0 radical (unpaired) electrons. The van der Waals surface area contributed by atoms with Gasteiger partial charge in [-0.25, -0.2) is 4.39 Å². The number of rotatable bonds is 3. The van der Waals surface area contributed by atoms with Gasteiger partial charge in [0.25, 0.3) is 0 Å². The number of aromatic nitrogens is 1. The maximum absolute atomic E-state index is 13.1. The van der Waals surface area contributed by atoms with E-state index in [9.17, 15) is 4.39 Å². The number of methoxy groups -OCH3 is 1. The van der Waals surface area contributed by atoms with Crippen molar-refractivity contribution >= 4 is 21.6 Å². The normalized spacial score (nSPS) is 10.2. The Balaban J connectivity index is 2.31. The first kappa shape index (κ1) is 12.6. The summed E-state index contributed by atoms with van der Waals surface area (Å²) < 4.78 is 24.1. The van der Waals surface area contributed by atoms with Crippen LogP contribution in [0.2, 0.25) is 0 Å². The number of hydrogen-bond acceptors (Lipinski definition) is 4. The number of nitrogen functional groups attached to an aromatic ring is 1. The second kappa shape index (κ2) is 5.22. The van der Waals surface area contributed by atoms with Gasteiger partial charge in [-0.05, 0) is 34.1 Å². The molecule has 0 saturated heterocycles. The number of benzene rings is 1. The molecule has 18 heavy (non-hydrogen) atoms. The Kier molecular flexibility index (Phi) is 3.66. The van der Waals surface area contributed by atoms with Crippen molar-refractivity contribution in [1.29, 1.82) is 0 Å². The molecule has 2 N–H and O–H groups in total. The zero-order valence-corrected chi connectivity index (χ0v) is 11.1. The van der Waals surface area contributed by atoms with Crippen LogP contribution in [0.25, 0.3) is 0 Å². The van der Waals surface area contributed by atoms with E-state index in [1.54, 1.807) is 18.2 Å². The summed E-state index contributed by atoms with van der Waals surface area (Å²) in [6.45, 7) is 0. The minimum absolute atomic E-state index is 0.264. The number of pyridine rings is 1. The third-order valence-corrected chi connectivity index (χ3v) is 2.82. The zero-order valence-electron chi connectivity index (χ0n) is 9.48. The lowest BCUT2D eigenvalue weighted by Crippen LogP contribution is -1.97. The average molecular weight is 313 g/mol. The van der Waals surface area contributed by atoms with Crippen LogP contribution in [0.5, 0.6) is 17.5 Å². The van der Waals surface area contributed by atoms with Crippen molar-refractivity contribution in [3.63, 3.8) is 0 Å². The van der Waals surface area contributed by atoms with E-state index in [1.807, 2.05) is 0 Å². The number of nitrogens with two attached hydrogens (primary N) is 1. The minimum atomic E-state index is -0.393. The van der Waals surface area contributed by atoms with Gasteiger partial charge in [-0.3, -0.25) is 0 Å². The Morgan fingerprint density at radius 1 is 1.28 bits per heavy atom. The predicted octanol–water partition coefficient (Wildman–Crippen LogP) is 3.37. The lowest BCUT2D eigenvalue weighted by molar-refractivity contribution is 0.384. The van der Waals surface area contributed by atoms with Gasteiger partial charge in [-0.2, -0.15) is 4.98 Å². The molecule has 1 aromatic carbocycles. The Labute approximate surface area is 112 Å². The molecule has 0 fully saturated rings. The van der Waals surface area contributed by atoms with Gasteiger partial charge in [0, 0.05) is 12.1 Å². The number of ether oxygens (including phenoxy) is 2. The van der Waals surface area contributed by atoms with Crippen LogP contribution in [-0.2, 0) is 0 Å². The molecule has 0 saturated carbocycles.